The molecule has 6 aliphatic rings. The van der Waals surface area contributed by atoms with Gasteiger partial charge in [-0.1, -0.05) is 108 Å². The van der Waals surface area contributed by atoms with Crippen molar-refractivity contribution in [1.29, 1.82) is 0 Å². The molecule has 32 heteroatoms. The Kier molecular flexibility index (Phi) is 32.7. The molecule has 137 heavy (non-hydrogen) atoms. The number of hydrogen-bond donors (Lipinski definition) is 10. The summed E-state index contributed by atoms with van der Waals surface area (Å²) >= 11 is 4.57. The summed E-state index contributed by atoms with van der Waals surface area (Å²) < 4.78 is 31.8. The van der Waals surface area contributed by atoms with Gasteiger partial charge in [-0.15, -0.1) is 11.3 Å². The highest BCUT2D eigenvalue weighted by Crippen LogP contribution is 2.35. The predicted octanol–water partition coefficient (Wildman–Crippen LogP) is 15.5. The highest BCUT2D eigenvalue weighted by atomic mass is 32.1. The number of halogens is 2. The molecule has 0 atom stereocenters. The summed E-state index contributed by atoms with van der Waals surface area (Å²) in [7, 11) is 0. The van der Waals surface area contributed by atoms with Crippen molar-refractivity contribution >= 4 is 125 Å². The normalized spacial score (nSPS) is 14.7. The lowest BCUT2D eigenvalue weighted by Crippen LogP contribution is -2.43. The Morgan fingerprint density at radius 3 is 1.47 bits per heavy atom. The molecule has 0 radical (unpaired) electrons. The number of nitrogens with two attached hydrogens (primary N) is 4. The molecular weight excluding hydrogens is 1790 g/mol. The molecular formula is C105H109F2N21O6S3. The minimum Gasteiger partial charge on any atom is -0.464 e. The molecule has 7 aromatic carbocycles. The van der Waals surface area contributed by atoms with Gasteiger partial charge in [0.25, 0.3) is 5.91 Å². The number of thiazole rings is 2. The summed E-state index contributed by atoms with van der Waals surface area (Å²) in [6.45, 7) is 20.6. The maximum atomic E-state index is 13.2. The largest absolute Gasteiger partial charge is 0.464 e. The number of nitrogens with zero attached hydrogens (tertiary/aromatic N) is 11. The van der Waals surface area contributed by atoms with Crippen LogP contribution in [0.25, 0.3) is 49.6 Å². The summed E-state index contributed by atoms with van der Waals surface area (Å²) in [5.41, 5.74) is 42.1. The number of aromatic nitrogens is 6. The Morgan fingerprint density at radius 1 is 0.423 bits per heavy atom. The number of carbonyl (C=O) groups is 5. The molecule has 20 rings (SSSR count). The van der Waals surface area contributed by atoms with Gasteiger partial charge in [-0.25, -0.2) is 33.7 Å². The number of hydrogen-bond acceptors (Lipinski definition) is 29. The second-order valence-electron chi connectivity index (χ2n) is 33.6. The van der Waals surface area contributed by atoms with E-state index in [2.05, 4.69) is 111 Å². The molecule has 5 saturated heterocycles. The fraction of sp³-hybridized carbons (Fsp3) is 0.248. The molecule has 0 bridgehead atoms. The number of piperazine rings is 5. The first kappa shape index (κ1) is 95.8. The van der Waals surface area contributed by atoms with Gasteiger partial charge in [-0.3, -0.25) is 29.0 Å². The quantitative estimate of drug-likeness (QED) is 0.0198. The van der Waals surface area contributed by atoms with Crippen molar-refractivity contribution in [3.8, 4) is 44.0 Å². The fourth-order valence-corrected chi connectivity index (χ4v) is 18.8. The zero-order valence-corrected chi connectivity index (χ0v) is 78.5. The number of Topliss-reactive ketones (excluding diaryl/α,β-unsaturated/α-hetero) is 4. The third-order valence-electron chi connectivity index (χ3n) is 24.2. The van der Waals surface area contributed by atoms with Crippen molar-refractivity contribution in [2.24, 2.45) is 0 Å². The van der Waals surface area contributed by atoms with E-state index in [1.807, 2.05) is 134 Å². The Labute approximate surface area is 806 Å². The number of aryl methyl sites for hydroxylation is 1. The highest BCUT2D eigenvalue weighted by Gasteiger charge is 2.25. The number of furan rings is 1. The van der Waals surface area contributed by atoms with Crippen LogP contribution in [-0.2, 0) is 25.7 Å². The zero-order chi connectivity index (χ0) is 94.9. The number of allylic oxidation sites excluding steroid dienone is 4. The summed E-state index contributed by atoms with van der Waals surface area (Å²) in [5.74, 6) is 1.61. The molecule has 1 aliphatic carbocycles. The predicted molar refractivity (Wildman–Crippen MR) is 548 cm³/mol. The molecule has 7 aromatic heterocycles. The maximum absolute atomic E-state index is 13.2. The molecule has 702 valence electrons. The molecule has 1 amide bonds. The number of nitrogen functional groups attached to an aromatic ring is 4. The number of benzene rings is 7. The number of anilines is 10. The van der Waals surface area contributed by atoms with Gasteiger partial charge in [0.05, 0.1) is 42.9 Å². The SMILES string of the molecule is Cc1ccc(-c2ccco2)cc1NC(=O)c1cnc(N2CCNCC2)s1.Nc1ccc(-c2ccc(F)cc2)cc1CC(=O)c1ccc(N2CCNCC2)cn1.Nc1ccc(-c2ccc(F)cc2)cc1CC(=O)c1ccc(N2CCNCC2)nc1.Nc1ccc(-c2cccs2)cc1CC(=O)c1cnc(N2CCNCC2)cn1.Nc1ccc(C2=CC=CC2)cc1CC(=O)c1ncc(N2CCNCC2)s1. The molecule has 14 aromatic rings. The topological polar surface area (TPSA) is 368 Å². The van der Waals surface area contributed by atoms with E-state index < -0.39 is 0 Å². The average molecular weight is 1900 g/mol. The Bertz CT molecular complexity index is 6340. The summed E-state index contributed by atoms with van der Waals surface area (Å²) in [6.07, 6.45) is 19.9. The van der Waals surface area contributed by atoms with Crippen LogP contribution in [0.1, 0.15) is 90.6 Å². The van der Waals surface area contributed by atoms with Gasteiger partial charge in [0.2, 0.25) is 0 Å². The Morgan fingerprint density at radius 2 is 0.934 bits per heavy atom. The lowest BCUT2D eigenvalue weighted by Gasteiger charge is -2.29. The Hall–Kier alpha value is -14.4. The van der Waals surface area contributed by atoms with Crippen LogP contribution >= 0.6 is 34.0 Å². The van der Waals surface area contributed by atoms with Crippen LogP contribution in [-0.4, -0.2) is 190 Å². The smallest absolute Gasteiger partial charge is 0.267 e. The van der Waals surface area contributed by atoms with E-state index in [4.69, 9.17) is 27.4 Å². The van der Waals surface area contributed by atoms with Gasteiger partial charge in [-0.05, 0) is 207 Å². The van der Waals surface area contributed by atoms with E-state index in [0.29, 0.717) is 49.6 Å². The first-order valence-corrected chi connectivity index (χ1v) is 48.3. The molecule has 5 fully saturated rings. The second-order valence-corrected chi connectivity index (χ2v) is 36.6. The minimum atomic E-state index is -0.282. The first-order valence-electron chi connectivity index (χ1n) is 45.8. The molecule has 5 aliphatic heterocycles. The zero-order valence-electron chi connectivity index (χ0n) is 76.1. The van der Waals surface area contributed by atoms with Gasteiger partial charge >= 0.3 is 0 Å². The second kappa shape index (κ2) is 46.7. The molecule has 0 spiro atoms. The number of pyridine rings is 2. The lowest BCUT2D eigenvalue weighted by molar-refractivity contribution is 0.0980. The molecule has 12 heterocycles. The van der Waals surface area contributed by atoms with Crippen LogP contribution < -0.4 is 79.3 Å². The number of carbonyl (C=O) groups excluding carboxylic acids is 5. The molecule has 0 saturated carbocycles. The van der Waals surface area contributed by atoms with E-state index in [1.165, 1.54) is 52.5 Å². The first-order chi connectivity index (χ1) is 66.8. The van der Waals surface area contributed by atoms with Crippen LogP contribution in [0.15, 0.2) is 260 Å². The third kappa shape index (κ3) is 25.8. The summed E-state index contributed by atoms with van der Waals surface area (Å²) in [5, 5.41) is 24.2. The van der Waals surface area contributed by atoms with Gasteiger partial charge in [-0.2, -0.15) is 0 Å². The number of rotatable bonds is 24. The fourth-order valence-electron chi connectivity index (χ4n) is 16.3. The van der Waals surface area contributed by atoms with E-state index in [9.17, 15) is 32.8 Å². The number of nitrogens with one attached hydrogen (secondary N) is 6. The van der Waals surface area contributed by atoms with Crippen molar-refractivity contribution < 1.29 is 37.2 Å². The van der Waals surface area contributed by atoms with Crippen LogP contribution in [0.4, 0.5) is 64.7 Å². The van der Waals surface area contributed by atoms with E-state index >= 15 is 0 Å². The maximum Gasteiger partial charge on any atom is 0.267 e. The van der Waals surface area contributed by atoms with E-state index in [0.717, 1.165) is 248 Å². The monoisotopic (exact) mass is 1890 g/mol. The third-order valence-corrected chi connectivity index (χ3v) is 27.3. The van der Waals surface area contributed by atoms with E-state index in [-0.39, 0.29) is 66.4 Å². The van der Waals surface area contributed by atoms with Crippen molar-refractivity contribution in [1.82, 2.24) is 56.5 Å². The van der Waals surface area contributed by atoms with Crippen molar-refractivity contribution in [3.05, 3.63) is 327 Å². The number of thiophene rings is 1. The van der Waals surface area contributed by atoms with Crippen LogP contribution in [0, 0.1) is 18.6 Å². The van der Waals surface area contributed by atoms with Gasteiger partial charge in [0.15, 0.2) is 33.3 Å². The van der Waals surface area contributed by atoms with Crippen LogP contribution in [0.5, 0.6) is 0 Å². The van der Waals surface area contributed by atoms with E-state index in [1.54, 1.807) is 91.0 Å². The highest BCUT2D eigenvalue weighted by molar-refractivity contribution is 7.18. The lowest BCUT2D eigenvalue weighted by atomic mass is 9.97. The standard InChI is InChI=1S/2C23H23FN4O.C20H21N5OS.C20H22N4OS.C19H20N4O2S/c24-20-5-1-16(2-6-20)17-3-7-21(25)19(13-17)14-22(29)18-4-8-23(27-15-18)28-11-9-26-10-12-28;24-19-4-1-16(2-5-19)17-3-7-21(25)18(13-17)14-23(29)22-8-6-20(15-27-22)28-11-9-26-10-12-28;21-16-4-3-14(19-2-1-9-27-19)10-15(16)11-18(26)17-12-24-20(13-23-17)25-7-5-22-6-8-25;21-17-6-5-15(14-3-1-2-4-14)11-16(17)12-18(25)20-23-13-19(26-20)24-9-7-22-8-10-24;1-13-4-5-14(16-3-2-10-25-16)11-15(13)22-18(24)17-12-21-19(26-17)23-8-6-20-7-9-23/h2*1-8,13,15,26H,9-12,14,25H2;1-4,9-10,12-13,22H,5-8,11,21H2;1-3,5-6,11,13,22H,4,7-10,12,21H2;2-5,10-12,20H,6-9H2,1H3,(H,22,24). The van der Waals surface area contributed by atoms with Crippen LogP contribution in [0.2, 0.25) is 0 Å². The molecule has 0 unspecified atom stereocenters. The van der Waals surface area contributed by atoms with Crippen LogP contribution in [0.3, 0.4) is 0 Å². The van der Waals surface area contributed by atoms with Gasteiger partial charge in [0, 0.05) is 207 Å². The van der Waals surface area contributed by atoms with Gasteiger partial charge < -0.3 is 83.8 Å². The van der Waals surface area contributed by atoms with Gasteiger partial charge in [0.1, 0.15) is 50.3 Å². The summed E-state index contributed by atoms with van der Waals surface area (Å²) in [4.78, 5) is 103. The minimum absolute atomic E-state index is 0.0266. The number of amides is 1. The summed E-state index contributed by atoms with van der Waals surface area (Å²) in [6, 6.07) is 56.6. The molecule has 27 nitrogen and oxygen atoms in total. The van der Waals surface area contributed by atoms with Crippen molar-refractivity contribution in [2.75, 3.05) is 184 Å². The van der Waals surface area contributed by atoms with Crippen molar-refractivity contribution in [3.63, 3.8) is 0 Å². The Balaban J connectivity index is 0.000000124. The van der Waals surface area contributed by atoms with Crippen molar-refractivity contribution in [2.45, 2.75) is 39.0 Å². The number of ketones is 4. The molecule has 14 N–H and O–H groups in total. The average Bonchev–Trinajstić information content (AvgIpc) is 1.82.